The van der Waals surface area contributed by atoms with Crippen molar-refractivity contribution in [2.75, 3.05) is 19.6 Å². The van der Waals surface area contributed by atoms with E-state index in [4.69, 9.17) is 11.6 Å². The smallest absolute Gasteiger partial charge is 0.0916 e. The van der Waals surface area contributed by atoms with Gasteiger partial charge in [0.15, 0.2) is 0 Å². The summed E-state index contributed by atoms with van der Waals surface area (Å²) in [4.78, 5) is 2.34. The third kappa shape index (κ3) is 3.21. The van der Waals surface area contributed by atoms with Gasteiger partial charge in [-0.2, -0.15) is 0 Å². The van der Waals surface area contributed by atoms with Gasteiger partial charge in [0.2, 0.25) is 0 Å². The second kappa shape index (κ2) is 5.67. The van der Waals surface area contributed by atoms with Gasteiger partial charge in [0.25, 0.3) is 0 Å². The number of aliphatic hydroxyl groups is 1. The molecule has 0 saturated carbocycles. The van der Waals surface area contributed by atoms with E-state index in [2.05, 4.69) is 4.90 Å². The first-order valence-corrected chi connectivity index (χ1v) is 6.29. The molecular formula is C13H18ClNO. The lowest BCUT2D eigenvalue weighted by atomic mass is 10.1. The normalized spacial score (nSPS) is 19.6. The predicted molar refractivity (Wildman–Crippen MR) is 66.7 cm³/mol. The average Bonchev–Trinajstić information content (AvgIpc) is 2.31. The minimum atomic E-state index is -0.393. The van der Waals surface area contributed by atoms with Crippen molar-refractivity contribution in [3.63, 3.8) is 0 Å². The Morgan fingerprint density at radius 3 is 2.38 bits per heavy atom. The van der Waals surface area contributed by atoms with E-state index in [-0.39, 0.29) is 0 Å². The van der Waals surface area contributed by atoms with E-state index in [1.165, 1.54) is 19.3 Å². The zero-order valence-electron chi connectivity index (χ0n) is 9.40. The molecule has 0 spiro atoms. The lowest BCUT2D eigenvalue weighted by Gasteiger charge is -2.28. The number of nitrogens with zero attached hydrogens (tertiary/aromatic N) is 1. The SMILES string of the molecule is OC(CN1CCCCC1)c1ccc(Cl)cc1. The maximum atomic E-state index is 10.1. The highest BCUT2D eigenvalue weighted by atomic mass is 35.5. The summed E-state index contributed by atoms with van der Waals surface area (Å²) >= 11 is 5.82. The number of piperidine rings is 1. The molecule has 1 aromatic rings. The summed E-state index contributed by atoms with van der Waals surface area (Å²) in [5.41, 5.74) is 0.954. The third-order valence-electron chi connectivity index (χ3n) is 3.13. The molecule has 2 rings (SSSR count). The van der Waals surface area contributed by atoms with E-state index in [1.54, 1.807) is 0 Å². The van der Waals surface area contributed by atoms with Gasteiger partial charge in [0.1, 0.15) is 0 Å². The van der Waals surface area contributed by atoms with Crippen molar-refractivity contribution in [1.82, 2.24) is 4.90 Å². The number of aliphatic hydroxyl groups excluding tert-OH is 1. The highest BCUT2D eigenvalue weighted by Crippen LogP contribution is 2.19. The number of hydrogen-bond donors (Lipinski definition) is 1. The lowest BCUT2D eigenvalue weighted by molar-refractivity contribution is 0.101. The molecule has 1 aliphatic rings. The second-order valence-corrected chi connectivity index (χ2v) is 4.87. The van der Waals surface area contributed by atoms with E-state index in [0.717, 1.165) is 25.2 Å². The van der Waals surface area contributed by atoms with Gasteiger partial charge >= 0.3 is 0 Å². The van der Waals surface area contributed by atoms with Crippen LogP contribution in [0, 0.1) is 0 Å². The first-order chi connectivity index (χ1) is 7.75. The molecule has 0 aromatic heterocycles. The molecule has 2 nitrogen and oxygen atoms in total. The Balaban J connectivity index is 1.91. The molecule has 0 aliphatic carbocycles. The van der Waals surface area contributed by atoms with E-state index in [0.29, 0.717) is 5.02 Å². The molecule has 0 bridgehead atoms. The highest BCUT2D eigenvalue weighted by Gasteiger charge is 2.15. The van der Waals surface area contributed by atoms with E-state index in [9.17, 15) is 5.11 Å². The van der Waals surface area contributed by atoms with Gasteiger partial charge in [0, 0.05) is 11.6 Å². The van der Waals surface area contributed by atoms with Crippen LogP contribution in [-0.2, 0) is 0 Å². The zero-order chi connectivity index (χ0) is 11.4. The zero-order valence-corrected chi connectivity index (χ0v) is 10.2. The maximum absolute atomic E-state index is 10.1. The number of hydrogen-bond acceptors (Lipinski definition) is 2. The monoisotopic (exact) mass is 239 g/mol. The van der Waals surface area contributed by atoms with Gasteiger partial charge in [-0.05, 0) is 43.6 Å². The summed E-state index contributed by atoms with van der Waals surface area (Å²) in [5, 5.41) is 10.8. The molecule has 1 N–H and O–H groups in total. The molecule has 1 unspecified atom stereocenters. The Bertz CT molecular complexity index is 319. The van der Waals surface area contributed by atoms with E-state index >= 15 is 0 Å². The minimum Gasteiger partial charge on any atom is -0.387 e. The topological polar surface area (TPSA) is 23.5 Å². The van der Waals surface area contributed by atoms with Crippen LogP contribution in [0.25, 0.3) is 0 Å². The van der Waals surface area contributed by atoms with Crippen LogP contribution in [0.1, 0.15) is 30.9 Å². The molecule has 1 aliphatic heterocycles. The van der Waals surface area contributed by atoms with Crippen molar-refractivity contribution < 1.29 is 5.11 Å². The lowest BCUT2D eigenvalue weighted by Crippen LogP contribution is -2.33. The number of likely N-dealkylation sites (tertiary alicyclic amines) is 1. The molecule has 1 atom stereocenters. The quantitative estimate of drug-likeness (QED) is 0.877. The van der Waals surface area contributed by atoms with Crippen LogP contribution >= 0.6 is 11.6 Å². The molecule has 1 heterocycles. The Labute approximate surface area is 102 Å². The maximum Gasteiger partial charge on any atom is 0.0916 e. The summed E-state index contributed by atoms with van der Waals surface area (Å²) in [6, 6.07) is 7.46. The summed E-state index contributed by atoms with van der Waals surface area (Å²) in [6.07, 6.45) is 3.45. The Morgan fingerprint density at radius 2 is 1.75 bits per heavy atom. The number of rotatable bonds is 3. The van der Waals surface area contributed by atoms with Crippen molar-refractivity contribution >= 4 is 11.6 Å². The Morgan fingerprint density at radius 1 is 1.12 bits per heavy atom. The van der Waals surface area contributed by atoms with Gasteiger partial charge in [-0.1, -0.05) is 30.2 Å². The first-order valence-electron chi connectivity index (χ1n) is 5.91. The van der Waals surface area contributed by atoms with Crippen molar-refractivity contribution in [2.45, 2.75) is 25.4 Å². The second-order valence-electron chi connectivity index (χ2n) is 4.43. The van der Waals surface area contributed by atoms with Gasteiger partial charge in [-0.25, -0.2) is 0 Å². The summed E-state index contributed by atoms with van der Waals surface area (Å²) in [5.74, 6) is 0. The van der Waals surface area contributed by atoms with Crippen LogP contribution in [0.15, 0.2) is 24.3 Å². The molecular weight excluding hydrogens is 222 g/mol. The van der Waals surface area contributed by atoms with Crippen molar-refractivity contribution in [2.24, 2.45) is 0 Å². The minimum absolute atomic E-state index is 0.393. The largest absolute Gasteiger partial charge is 0.387 e. The summed E-state index contributed by atoms with van der Waals surface area (Å²) < 4.78 is 0. The van der Waals surface area contributed by atoms with Gasteiger partial charge < -0.3 is 10.0 Å². The van der Waals surface area contributed by atoms with Crippen molar-refractivity contribution in [1.29, 1.82) is 0 Å². The van der Waals surface area contributed by atoms with Crippen LogP contribution < -0.4 is 0 Å². The van der Waals surface area contributed by atoms with Gasteiger partial charge in [-0.3, -0.25) is 0 Å². The van der Waals surface area contributed by atoms with Crippen LogP contribution in [0.4, 0.5) is 0 Å². The van der Waals surface area contributed by atoms with E-state index in [1.807, 2.05) is 24.3 Å². The van der Waals surface area contributed by atoms with Gasteiger partial charge in [0.05, 0.1) is 6.10 Å². The van der Waals surface area contributed by atoms with Crippen LogP contribution in [-0.4, -0.2) is 29.6 Å². The van der Waals surface area contributed by atoms with Crippen LogP contribution in [0.3, 0.4) is 0 Å². The molecule has 3 heteroatoms. The van der Waals surface area contributed by atoms with E-state index < -0.39 is 6.10 Å². The average molecular weight is 240 g/mol. The molecule has 1 fully saturated rings. The molecule has 1 saturated heterocycles. The predicted octanol–water partition coefficient (Wildman–Crippen LogP) is 2.86. The molecule has 0 radical (unpaired) electrons. The molecule has 88 valence electrons. The fourth-order valence-electron chi connectivity index (χ4n) is 2.18. The molecule has 0 amide bonds. The number of β-amino-alcohol motifs (C(OH)–C–C–N with tert-alkyl or cyclic N) is 1. The number of benzene rings is 1. The third-order valence-corrected chi connectivity index (χ3v) is 3.39. The highest BCUT2D eigenvalue weighted by molar-refractivity contribution is 6.30. The Hall–Kier alpha value is -0.570. The molecule has 1 aromatic carbocycles. The van der Waals surface area contributed by atoms with Crippen LogP contribution in [0.2, 0.25) is 5.02 Å². The molecule has 16 heavy (non-hydrogen) atoms. The fourth-order valence-corrected chi connectivity index (χ4v) is 2.30. The van der Waals surface area contributed by atoms with Crippen LogP contribution in [0.5, 0.6) is 0 Å². The summed E-state index contributed by atoms with van der Waals surface area (Å²) in [6.45, 7) is 2.97. The van der Waals surface area contributed by atoms with Crippen molar-refractivity contribution in [3.05, 3.63) is 34.9 Å². The van der Waals surface area contributed by atoms with Gasteiger partial charge in [-0.15, -0.1) is 0 Å². The van der Waals surface area contributed by atoms with Crippen molar-refractivity contribution in [3.8, 4) is 0 Å². The standard InChI is InChI=1S/C13H18ClNO/c14-12-6-4-11(5-7-12)13(16)10-15-8-2-1-3-9-15/h4-7,13,16H,1-3,8-10H2. The number of halogens is 1. The first kappa shape index (κ1) is 11.9. The Kier molecular flexibility index (Phi) is 4.22. The summed E-state index contributed by atoms with van der Waals surface area (Å²) in [7, 11) is 0. The fraction of sp³-hybridized carbons (Fsp3) is 0.538.